The summed E-state index contributed by atoms with van der Waals surface area (Å²) in [6.07, 6.45) is 2.38. The summed E-state index contributed by atoms with van der Waals surface area (Å²) in [5.41, 5.74) is -0.621. The van der Waals surface area contributed by atoms with Crippen molar-refractivity contribution >= 4 is 5.82 Å². The molecule has 0 aromatic carbocycles. The van der Waals surface area contributed by atoms with Gasteiger partial charge in [-0.1, -0.05) is 0 Å². The fourth-order valence-corrected chi connectivity index (χ4v) is 2.23. The van der Waals surface area contributed by atoms with Crippen LogP contribution in [0, 0.1) is 5.82 Å². The van der Waals surface area contributed by atoms with Gasteiger partial charge in [-0.25, -0.2) is 9.37 Å². The highest BCUT2D eigenvalue weighted by atomic mass is 19.1. The molecule has 0 aliphatic carbocycles. The van der Waals surface area contributed by atoms with Crippen molar-refractivity contribution in [3.8, 4) is 0 Å². The minimum absolute atomic E-state index is 0.257. The smallest absolute Gasteiger partial charge is 0.165 e. The highest BCUT2D eigenvalue weighted by molar-refractivity contribution is 5.40. The summed E-state index contributed by atoms with van der Waals surface area (Å²) in [4.78, 5) is 8.39. The fourth-order valence-electron chi connectivity index (χ4n) is 2.23. The van der Waals surface area contributed by atoms with E-state index >= 15 is 0 Å². The second-order valence-corrected chi connectivity index (χ2v) is 5.70. The number of halogens is 1. The Balaban J connectivity index is 1.84. The lowest BCUT2D eigenvalue weighted by molar-refractivity contribution is 0.0568. The molecule has 0 atom stereocenters. The molecule has 1 aliphatic heterocycles. The summed E-state index contributed by atoms with van der Waals surface area (Å²) in [5.74, 6) is 0.192. The number of aromatic nitrogens is 1. The normalized spacial score (nSPS) is 17.8. The van der Waals surface area contributed by atoms with Crippen LogP contribution in [-0.2, 0) is 0 Å². The van der Waals surface area contributed by atoms with Gasteiger partial charge in [0.25, 0.3) is 0 Å². The van der Waals surface area contributed by atoms with E-state index in [1.807, 2.05) is 18.7 Å². The minimum Gasteiger partial charge on any atom is -0.390 e. The highest BCUT2D eigenvalue weighted by Crippen LogP contribution is 2.17. The Morgan fingerprint density at radius 1 is 1.32 bits per heavy atom. The van der Waals surface area contributed by atoms with Crippen LogP contribution in [0.2, 0.25) is 0 Å². The molecule has 0 bridgehead atoms. The number of hydrogen-bond acceptors (Lipinski definition) is 4. The maximum absolute atomic E-state index is 13.6. The van der Waals surface area contributed by atoms with Crippen LogP contribution < -0.4 is 4.90 Å². The predicted octanol–water partition coefficient (Wildman–Crippen LogP) is 1.50. The third kappa shape index (κ3) is 4.14. The summed E-state index contributed by atoms with van der Waals surface area (Å²) in [7, 11) is 0. The van der Waals surface area contributed by atoms with E-state index in [1.165, 1.54) is 6.07 Å². The highest BCUT2D eigenvalue weighted by Gasteiger charge is 2.21. The van der Waals surface area contributed by atoms with E-state index in [4.69, 9.17) is 0 Å². The number of piperazine rings is 1. The van der Waals surface area contributed by atoms with Gasteiger partial charge in [0.05, 0.1) is 5.60 Å². The zero-order chi connectivity index (χ0) is 13.9. The molecule has 0 radical (unpaired) electrons. The molecule has 1 aromatic rings. The van der Waals surface area contributed by atoms with Crippen LogP contribution in [0.25, 0.3) is 0 Å². The topological polar surface area (TPSA) is 39.6 Å². The Bertz CT molecular complexity index is 411. The SMILES string of the molecule is CC(C)(O)CCN1CCN(c2ncccc2F)CC1. The van der Waals surface area contributed by atoms with Gasteiger partial charge >= 0.3 is 0 Å². The summed E-state index contributed by atoms with van der Waals surface area (Å²) in [6.45, 7) is 7.85. The second-order valence-electron chi connectivity index (χ2n) is 5.70. The van der Waals surface area contributed by atoms with Crippen molar-refractivity contribution < 1.29 is 9.50 Å². The third-order valence-electron chi connectivity index (χ3n) is 3.45. The largest absolute Gasteiger partial charge is 0.390 e. The van der Waals surface area contributed by atoms with Crippen LogP contribution >= 0.6 is 0 Å². The molecule has 0 saturated carbocycles. The average Bonchev–Trinajstić information content (AvgIpc) is 2.37. The monoisotopic (exact) mass is 267 g/mol. The van der Waals surface area contributed by atoms with Gasteiger partial charge in [0.15, 0.2) is 11.6 Å². The van der Waals surface area contributed by atoms with E-state index in [0.717, 1.165) is 39.1 Å². The fraction of sp³-hybridized carbons (Fsp3) is 0.643. The van der Waals surface area contributed by atoms with Gasteiger partial charge in [-0.2, -0.15) is 0 Å². The molecule has 0 amide bonds. The summed E-state index contributed by atoms with van der Waals surface area (Å²) < 4.78 is 13.6. The molecule has 1 aromatic heterocycles. The van der Waals surface area contributed by atoms with E-state index in [0.29, 0.717) is 5.82 Å². The molecule has 0 spiro atoms. The van der Waals surface area contributed by atoms with E-state index in [9.17, 15) is 9.50 Å². The van der Waals surface area contributed by atoms with E-state index in [2.05, 4.69) is 9.88 Å². The second kappa shape index (κ2) is 5.84. The quantitative estimate of drug-likeness (QED) is 0.897. The van der Waals surface area contributed by atoms with Crippen LogP contribution in [0.3, 0.4) is 0 Å². The molecule has 1 saturated heterocycles. The number of aliphatic hydroxyl groups is 1. The van der Waals surface area contributed by atoms with Gasteiger partial charge in [0, 0.05) is 38.9 Å². The van der Waals surface area contributed by atoms with Crippen molar-refractivity contribution in [3.63, 3.8) is 0 Å². The first-order chi connectivity index (χ1) is 8.96. The van der Waals surface area contributed by atoms with Gasteiger partial charge in [-0.3, -0.25) is 4.90 Å². The zero-order valence-electron chi connectivity index (χ0n) is 11.6. The molecule has 1 N–H and O–H groups in total. The van der Waals surface area contributed by atoms with Gasteiger partial charge in [0.2, 0.25) is 0 Å². The van der Waals surface area contributed by atoms with Crippen LogP contribution in [0.5, 0.6) is 0 Å². The molecular formula is C14H22FN3O. The molecule has 2 heterocycles. The van der Waals surface area contributed by atoms with Crippen molar-refractivity contribution in [2.24, 2.45) is 0 Å². The summed E-state index contributed by atoms with van der Waals surface area (Å²) in [6, 6.07) is 3.06. The Kier molecular flexibility index (Phi) is 4.37. The van der Waals surface area contributed by atoms with E-state index in [-0.39, 0.29) is 5.82 Å². The maximum atomic E-state index is 13.6. The minimum atomic E-state index is -0.621. The first kappa shape index (κ1) is 14.2. The lowest BCUT2D eigenvalue weighted by atomic mass is 10.1. The van der Waals surface area contributed by atoms with Crippen molar-refractivity contribution in [3.05, 3.63) is 24.1 Å². The standard InChI is InChI=1S/C14H22FN3O/c1-14(2,19)5-7-17-8-10-18(11-9-17)13-12(15)4-3-6-16-13/h3-4,6,19H,5,7-11H2,1-2H3. The van der Waals surface area contributed by atoms with Crippen molar-refractivity contribution in [1.29, 1.82) is 0 Å². The molecule has 19 heavy (non-hydrogen) atoms. The molecule has 5 heteroatoms. The Morgan fingerprint density at radius 2 is 2.00 bits per heavy atom. The lowest BCUT2D eigenvalue weighted by Gasteiger charge is -2.36. The van der Waals surface area contributed by atoms with Gasteiger partial charge in [-0.05, 0) is 32.4 Å². The molecule has 2 rings (SSSR count). The first-order valence-corrected chi connectivity index (χ1v) is 6.76. The lowest BCUT2D eigenvalue weighted by Crippen LogP contribution is -2.48. The number of nitrogens with zero attached hydrogens (tertiary/aromatic N) is 3. The summed E-state index contributed by atoms with van der Waals surface area (Å²) >= 11 is 0. The van der Waals surface area contributed by atoms with E-state index < -0.39 is 5.60 Å². The number of rotatable bonds is 4. The molecule has 106 valence electrons. The molecule has 1 aliphatic rings. The summed E-state index contributed by atoms with van der Waals surface area (Å²) in [5, 5.41) is 9.72. The van der Waals surface area contributed by atoms with Gasteiger partial charge in [-0.15, -0.1) is 0 Å². The zero-order valence-corrected chi connectivity index (χ0v) is 11.6. The number of hydrogen-bond donors (Lipinski definition) is 1. The van der Waals surface area contributed by atoms with Crippen molar-refractivity contribution in [2.75, 3.05) is 37.6 Å². The first-order valence-electron chi connectivity index (χ1n) is 6.76. The molecule has 4 nitrogen and oxygen atoms in total. The van der Waals surface area contributed by atoms with Crippen LogP contribution in [0.15, 0.2) is 18.3 Å². The third-order valence-corrected chi connectivity index (χ3v) is 3.45. The van der Waals surface area contributed by atoms with Crippen LogP contribution in [0.4, 0.5) is 10.2 Å². The maximum Gasteiger partial charge on any atom is 0.165 e. The Morgan fingerprint density at radius 3 is 2.58 bits per heavy atom. The van der Waals surface area contributed by atoms with E-state index in [1.54, 1.807) is 12.3 Å². The van der Waals surface area contributed by atoms with Gasteiger partial charge < -0.3 is 10.0 Å². The molecule has 1 fully saturated rings. The van der Waals surface area contributed by atoms with Gasteiger partial charge in [0.1, 0.15) is 0 Å². The average molecular weight is 267 g/mol. The number of anilines is 1. The molecular weight excluding hydrogens is 245 g/mol. The molecule has 0 unspecified atom stereocenters. The Hall–Kier alpha value is -1.20. The Labute approximate surface area is 113 Å². The van der Waals surface area contributed by atoms with Crippen LogP contribution in [0.1, 0.15) is 20.3 Å². The van der Waals surface area contributed by atoms with Crippen LogP contribution in [-0.4, -0.2) is 53.3 Å². The number of pyridine rings is 1. The van der Waals surface area contributed by atoms with Crippen molar-refractivity contribution in [1.82, 2.24) is 9.88 Å². The van der Waals surface area contributed by atoms with Crippen molar-refractivity contribution in [2.45, 2.75) is 25.9 Å². The predicted molar refractivity (Wildman–Crippen MR) is 73.8 cm³/mol.